The second kappa shape index (κ2) is 6.74. The van der Waals surface area contributed by atoms with E-state index in [1.165, 1.54) is 10.6 Å². The van der Waals surface area contributed by atoms with E-state index in [0.717, 1.165) is 5.69 Å². The van der Waals surface area contributed by atoms with Crippen LogP contribution in [0.4, 0.5) is 0 Å². The van der Waals surface area contributed by atoms with Gasteiger partial charge in [-0.1, -0.05) is 0 Å². The van der Waals surface area contributed by atoms with Gasteiger partial charge in [0.15, 0.2) is 0 Å². The maximum atomic E-state index is 12.6. The average molecular weight is 348 g/mol. The van der Waals surface area contributed by atoms with Crippen molar-refractivity contribution >= 4 is 15.9 Å². The Bertz CT molecular complexity index is 800. The molecule has 1 aromatic heterocycles. The number of benzene rings is 1. The van der Waals surface area contributed by atoms with E-state index in [2.05, 4.69) is 5.10 Å². The number of nitrogens with zero attached hydrogens (tertiary/aromatic N) is 4. The van der Waals surface area contributed by atoms with Crippen LogP contribution >= 0.6 is 0 Å². The minimum atomic E-state index is -3.21. The SMILES string of the molecule is CS(=O)(=O)N1CCCN(C(=O)c2ccc(-n3cccn3)cc2)CC1. The molecule has 2 heterocycles. The molecule has 0 saturated carbocycles. The van der Waals surface area contributed by atoms with Gasteiger partial charge in [0.25, 0.3) is 5.91 Å². The first-order valence-electron chi connectivity index (χ1n) is 7.79. The molecule has 24 heavy (non-hydrogen) atoms. The molecular weight excluding hydrogens is 328 g/mol. The van der Waals surface area contributed by atoms with Crippen molar-refractivity contribution in [2.24, 2.45) is 0 Å². The average Bonchev–Trinajstić information content (AvgIpc) is 2.97. The van der Waals surface area contributed by atoms with Crippen LogP contribution in [-0.2, 0) is 10.0 Å². The predicted octanol–water partition coefficient (Wildman–Crippen LogP) is 0.980. The fourth-order valence-electron chi connectivity index (χ4n) is 2.79. The maximum Gasteiger partial charge on any atom is 0.253 e. The minimum absolute atomic E-state index is 0.0719. The monoisotopic (exact) mass is 348 g/mol. The number of hydrogen-bond acceptors (Lipinski definition) is 4. The largest absolute Gasteiger partial charge is 0.337 e. The summed E-state index contributed by atoms with van der Waals surface area (Å²) in [5.41, 5.74) is 1.48. The number of rotatable bonds is 3. The molecule has 0 N–H and O–H groups in total. The molecule has 0 aliphatic carbocycles. The van der Waals surface area contributed by atoms with E-state index in [1.807, 2.05) is 24.4 Å². The van der Waals surface area contributed by atoms with Gasteiger partial charge in [0.2, 0.25) is 10.0 Å². The summed E-state index contributed by atoms with van der Waals surface area (Å²) in [5, 5.41) is 4.15. The first kappa shape index (κ1) is 16.7. The van der Waals surface area contributed by atoms with Gasteiger partial charge < -0.3 is 4.90 Å². The molecule has 0 spiro atoms. The lowest BCUT2D eigenvalue weighted by molar-refractivity contribution is 0.0764. The lowest BCUT2D eigenvalue weighted by Gasteiger charge is -2.21. The van der Waals surface area contributed by atoms with Gasteiger partial charge >= 0.3 is 0 Å². The van der Waals surface area contributed by atoms with Crippen molar-refractivity contribution in [2.75, 3.05) is 32.4 Å². The van der Waals surface area contributed by atoms with E-state index in [4.69, 9.17) is 0 Å². The third kappa shape index (κ3) is 3.65. The number of hydrogen-bond donors (Lipinski definition) is 0. The summed E-state index contributed by atoms with van der Waals surface area (Å²) in [5.74, 6) is -0.0719. The van der Waals surface area contributed by atoms with Crippen LogP contribution in [0.15, 0.2) is 42.7 Å². The fraction of sp³-hybridized carbons (Fsp3) is 0.375. The van der Waals surface area contributed by atoms with Gasteiger partial charge in [-0.25, -0.2) is 17.4 Å². The summed E-state index contributed by atoms with van der Waals surface area (Å²) in [4.78, 5) is 14.4. The third-order valence-electron chi connectivity index (χ3n) is 4.09. The van der Waals surface area contributed by atoms with Gasteiger partial charge in [0.1, 0.15) is 0 Å². The maximum absolute atomic E-state index is 12.6. The summed E-state index contributed by atoms with van der Waals surface area (Å²) in [7, 11) is -3.21. The standard InChI is InChI=1S/C16H20N4O3S/c1-24(22,23)19-10-3-9-18(12-13-19)16(21)14-4-6-15(7-5-14)20-11-2-8-17-20/h2,4-8,11H,3,9-10,12-13H2,1H3. The summed E-state index contributed by atoms with van der Waals surface area (Å²) in [6.07, 6.45) is 5.39. The van der Waals surface area contributed by atoms with Crippen molar-refractivity contribution in [1.82, 2.24) is 19.0 Å². The Morgan fingerprint density at radius 2 is 1.83 bits per heavy atom. The topological polar surface area (TPSA) is 75.5 Å². The Labute approximate surface area is 141 Å². The van der Waals surface area contributed by atoms with Crippen LogP contribution < -0.4 is 0 Å². The van der Waals surface area contributed by atoms with E-state index >= 15 is 0 Å². The van der Waals surface area contributed by atoms with Crippen LogP contribution in [0.5, 0.6) is 0 Å². The lowest BCUT2D eigenvalue weighted by Crippen LogP contribution is -2.36. The van der Waals surface area contributed by atoms with Gasteiger partial charge in [0, 0.05) is 44.1 Å². The lowest BCUT2D eigenvalue weighted by atomic mass is 10.1. The van der Waals surface area contributed by atoms with Gasteiger partial charge in [-0.3, -0.25) is 4.79 Å². The molecule has 0 bridgehead atoms. The van der Waals surface area contributed by atoms with E-state index in [9.17, 15) is 13.2 Å². The molecule has 128 valence electrons. The van der Waals surface area contributed by atoms with Gasteiger partial charge in [0.05, 0.1) is 11.9 Å². The van der Waals surface area contributed by atoms with Crippen LogP contribution in [0.3, 0.4) is 0 Å². The molecule has 2 aromatic rings. The van der Waals surface area contributed by atoms with Crippen molar-refractivity contribution in [1.29, 1.82) is 0 Å². The highest BCUT2D eigenvalue weighted by Gasteiger charge is 2.24. The van der Waals surface area contributed by atoms with E-state index in [0.29, 0.717) is 38.2 Å². The highest BCUT2D eigenvalue weighted by Crippen LogP contribution is 2.13. The summed E-state index contributed by atoms with van der Waals surface area (Å²) in [6.45, 7) is 1.77. The molecule has 1 aromatic carbocycles. The normalized spacial score (nSPS) is 16.8. The van der Waals surface area contributed by atoms with Gasteiger partial charge in [-0.2, -0.15) is 5.10 Å². The van der Waals surface area contributed by atoms with Crippen LogP contribution in [0.2, 0.25) is 0 Å². The molecule has 8 heteroatoms. The highest BCUT2D eigenvalue weighted by molar-refractivity contribution is 7.88. The number of sulfonamides is 1. The smallest absolute Gasteiger partial charge is 0.253 e. The van der Waals surface area contributed by atoms with E-state index < -0.39 is 10.0 Å². The van der Waals surface area contributed by atoms with Gasteiger partial charge in [-0.05, 0) is 36.8 Å². The molecule has 1 aliphatic rings. The molecule has 0 radical (unpaired) electrons. The third-order valence-corrected chi connectivity index (χ3v) is 5.40. The van der Waals surface area contributed by atoms with Crippen LogP contribution in [-0.4, -0.2) is 65.7 Å². The van der Waals surface area contributed by atoms with Crippen LogP contribution in [0.1, 0.15) is 16.8 Å². The summed E-state index contributed by atoms with van der Waals surface area (Å²) < 4.78 is 26.5. The summed E-state index contributed by atoms with van der Waals surface area (Å²) in [6, 6.07) is 9.09. The number of amides is 1. The Morgan fingerprint density at radius 1 is 1.08 bits per heavy atom. The van der Waals surface area contributed by atoms with Crippen LogP contribution in [0.25, 0.3) is 5.69 Å². The van der Waals surface area contributed by atoms with Gasteiger partial charge in [-0.15, -0.1) is 0 Å². The zero-order valence-electron chi connectivity index (χ0n) is 13.5. The molecule has 0 atom stereocenters. The Kier molecular flexibility index (Phi) is 4.68. The molecule has 1 aliphatic heterocycles. The molecule has 7 nitrogen and oxygen atoms in total. The predicted molar refractivity (Wildman–Crippen MR) is 90.5 cm³/mol. The zero-order chi connectivity index (χ0) is 17.2. The minimum Gasteiger partial charge on any atom is -0.337 e. The molecule has 1 amide bonds. The second-order valence-electron chi connectivity index (χ2n) is 5.81. The first-order chi connectivity index (χ1) is 11.4. The number of carbonyl (C=O) groups is 1. The molecule has 0 unspecified atom stereocenters. The highest BCUT2D eigenvalue weighted by atomic mass is 32.2. The second-order valence-corrected chi connectivity index (χ2v) is 7.79. The van der Waals surface area contributed by atoms with E-state index in [1.54, 1.807) is 27.9 Å². The quantitative estimate of drug-likeness (QED) is 0.829. The van der Waals surface area contributed by atoms with Crippen molar-refractivity contribution in [3.63, 3.8) is 0 Å². The zero-order valence-corrected chi connectivity index (χ0v) is 14.3. The number of aromatic nitrogens is 2. The van der Waals surface area contributed by atoms with Crippen molar-refractivity contribution in [3.8, 4) is 5.69 Å². The Hall–Kier alpha value is -2.19. The van der Waals surface area contributed by atoms with Crippen molar-refractivity contribution in [2.45, 2.75) is 6.42 Å². The first-order valence-corrected chi connectivity index (χ1v) is 9.64. The fourth-order valence-corrected chi connectivity index (χ4v) is 3.66. The molecule has 1 saturated heterocycles. The molecule has 1 fully saturated rings. The van der Waals surface area contributed by atoms with E-state index in [-0.39, 0.29) is 5.91 Å². The number of carbonyl (C=O) groups excluding carboxylic acids is 1. The van der Waals surface area contributed by atoms with Crippen molar-refractivity contribution < 1.29 is 13.2 Å². The molecular formula is C16H20N4O3S. The summed E-state index contributed by atoms with van der Waals surface area (Å²) >= 11 is 0. The molecule has 3 rings (SSSR count). The Balaban J connectivity index is 1.70. The Morgan fingerprint density at radius 3 is 2.46 bits per heavy atom. The van der Waals surface area contributed by atoms with Crippen molar-refractivity contribution in [3.05, 3.63) is 48.3 Å². The van der Waals surface area contributed by atoms with Crippen LogP contribution in [0, 0.1) is 0 Å².